The average molecular weight is 358 g/mol. The number of pyridine rings is 2. The molecule has 0 N–H and O–H groups in total. The molecule has 0 aliphatic carbocycles. The number of hydrogen-bond acceptors (Lipinski definition) is 6. The number of benzene rings is 1. The maximum Gasteiger partial charge on any atom is 0.147 e. The minimum absolute atomic E-state index is 0.394. The Bertz CT molecular complexity index is 996. The van der Waals surface area contributed by atoms with Crippen molar-refractivity contribution in [2.75, 3.05) is 12.0 Å². The Kier molecular flexibility index (Phi) is 4.58. The molecule has 0 spiro atoms. The van der Waals surface area contributed by atoms with Crippen LogP contribution in [0, 0.1) is 11.3 Å². The van der Waals surface area contributed by atoms with Gasteiger partial charge in [-0.1, -0.05) is 6.07 Å². The van der Waals surface area contributed by atoms with Gasteiger partial charge < -0.3 is 14.4 Å². The Morgan fingerprint density at radius 2 is 1.93 bits per heavy atom. The van der Waals surface area contributed by atoms with Crippen LogP contribution in [-0.4, -0.2) is 17.1 Å². The van der Waals surface area contributed by atoms with E-state index >= 15 is 0 Å². The second kappa shape index (κ2) is 7.34. The highest BCUT2D eigenvalue weighted by Crippen LogP contribution is 2.31. The summed E-state index contributed by atoms with van der Waals surface area (Å²) >= 11 is 0. The molecule has 27 heavy (non-hydrogen) atoms. The lowest BCUT2D eigenvalue weighted by molar-refractivity contribution is 0.300. The van der Waals surface area contributed by atoms with Gasteiger partial charge in [0.15, 0.2) is 0 Å². The van der Waals surface area contributed by atoms with E-state index in [9.17, 15) is 5.26 Å². The molecule has 0 radical (unpaired) electrons. The molecule has 6 nitrogen and oxygen atoms in total. The van der Waals surface area contributed by atoms with Crippen molar-refractivity contribution in [2.45, 2.75) is 19.7 Å². The fourth-order valence-electron chi connectivity index (χ4n) is 3.12. The predicted octanol–water partition coefficient (Wildman–Crippen LogP) is 3.46. The number of ether oxygens (including phenoxy) is 2. The molecule has 1 aliphatic heterocycles. The first-order valence-electron chi connectivity index (χ1n) is 8.60. The second-order valence-corrected chi connectivity index (χ2v) is 6.25. The minimum Gasteiger partial charge on any atom is -0.495 e. The van der Waals surface area contributed by atoms with E-state index in [4.69, 9.17) is 9.47 Å². The molecule has 6 heteroatoms. The molecule has 0 fully saturated rings. The normalized spacial score (nSPS) is 12.4. The maximum atomic E-state index is 9.30. The molecule has 0 saturated carbocycles. The molecule has 0 unspecified atom stereocenters. The van der Waals surface area contributed by atoms with Gasteiger partial charge in [-0.05, 0) is 47.5 Å². The standard InChI is InChI=1S/C21H18N4O2/c1-26-20-7-5-18(24-11-20)14-27-19-6-4-16-12-25(13-17(16)9-19)21-15(10-22)3-2-8-23-21/h2-9,11H,12-14H2,1H3. The van der Waals surface area contributed by atoms with Gasteiger partial charge in [0.05, 0.1) is 24.6 Å². The van der Waals surface area contributed by atoms with Crippen molar-refractivity contribution in [3.63, 3.8) is 0 Å². The Morgan fingerprint density at radius 3 is 2.70 bits per heavy atom. The van der Waals surface area contributed by atoms with E-state index in [-0.39, 0.29) is 0 Å². The van der Waals surface area contributed by atoms with Gasteiger partial charge in [-0.25, -0.2) is 4.98 Å². The third-order valence-corrected chi connectivity index (χ3v) is 4.53. The van der Waals surface area contributed by atoms with Crippen LogP contribution in [0.3, 0.4) is 0 Å². The second-order valence-electron chi connectivity index (χ2n) is 6.25. The predicted molar refractivity (Wildman–Crippen MR) is 100 cm³/mol. The van der Waals surface area contributed by atoms with Crippen molar-refractivity contribution >= 4 is 5.82 Å². The van der Waals surface area contributed by atoms with E-state index in [2.05, 4.69) is 27.0 Å². The zero-order valence-electron chi connectivity index (χ0n) is 14.9. The first-order valence-corrected chi connectivity index (χ1v) is 8.60. The van der Waals surface area contributed by atoms with Crippen molar-refractivity contribution in [1.82, 2.24) is 9.97 Å². The van der Waals surface area contributed by atoms with E-state index in [0.717, 1.165) is 29.6 Å². The number of nitriles is 1. The molecule has 1 aromatic carbocycles. The Labute approximate surface area is 157 Å². The molecule has 3 heterocycles. The number of nitrogens with zero attached hydrogens (tertiary/aromatic N) is 4. The molecule has 0 saturated heterocycles. The summed E-state index contributed by atoms with van der Waals surface area (Å²) in [6.45, 7) is 1.84. The number of methoxy groups -OCH3 is 1. The summed E-state index contributed by atoms with van der Waals surface area (Å²) in [7, 11) is 1.62. The third-order valence-electron chi connectivity index (χ3n) is 4.53. The molecule has 0 bridgehead atoms. The highest BCUT2D eigenvalue weighted by molar-refractivity contribution is 5.57. The number of rotatable bonds is 5. The fourth-order valence-corrected chi connectivity index (χ4v) is 3.12. The Hall–Kier alpha value is -3.59. The van der Waals surface area contributed by atoms with E-state index in [1.54, 1.807) is 31.6 Å². The number of fused-ring (bicyclic) bond motifs is 1. The van der Waals surface area contributed by atoms with Crippen molar-refractivity contribution in [2.24, 2.45) is 0 Å². The zero-order chi connectivity index (χ0) is 18.6. The van der Waals surface area contributed by atoms with Gasteiger partial charge in [0, 0.05) is 19.3 Å². The van der Waals surface area contributed by atoms with Gasteiger partial charge in [-0.2, -0.15) is 5.26 Å². The van der Waals surface area contributed by atoms with Crippen molar-refractivity contribution in [1.29, 1.82) is 5.26 Å². The largest absolute Gasteiger partial charge is 0.495 e. The first-order chi connectivity index (χ1) is 13.3. The lowest BCUT2D eigenvalue weighted by Gasteiger charge is -2.17. The average Bonchev–Trinajstić information content (AvgIpc) is 3.15. The van der Waals surface area contributed by atoms with E-state index in [1.165, 1.54) is 11.1 Å². The van der Waals surface area contributed by atoms with Crippen molar-refractivity contribution in [3.8, 4) is 17.6 Å². The van der Waals surface area contributed by atoms with Crippen LogP contribution >= 0.6 is 0 Å². The quantitative estimate of drug-likeness (QED) is 0.696. The lowest BCUT2D eigenvalue weighted by atomic mass is 10.1. The molecule has 2 aromatic heterocycles. The van der Waals surface area contributed by atoms with Crippen LogP contribution < -0.4 is 14.4 Å². The summed E-state index contributed by atoms with van der Waals surface area (Å²) in [6.07, 6.45) is 3.40. The maximum absolute atomic E-state index is 9.30. The summed E-state index contributed by atoms with van der Waals surface area (Å²) in [5.74, 6) is 2.25. The van der Waals surface area contributed by atoms with Crippen molar-refractivity contribution < 1.29 is 9.47 Å². The van der Waals surface area contributed by atoms with Crippen LogP contribution in [0.1, 0.15) is 22.4 Å². The van der Waals surface area contributed by atoms with Crippen LogP contribution in [0.2, 0.25) is 0 Å². The molecule has 134 valence electrons. The number of aromatic nitrogens is 2. The highest BCUT2D eigenvalue weighted by atomic mass is 16.5. The molecule has 0 atom stereocenters. The van der Waals surface area contributed by atoms with Crippen LogP contribution in [-0.2, 0) is 19.7 Å². The first kappa shape index (κ1) is 16.9. The topological polar surface area (TPSA) is 71.3 Å². The van der Waals surface area contributed by atoms with Gasteiger partial charge in [-0.3, -0.25) is 4.98 Å². The van der Waals surface area contributed by atoms with Crippen LogP contribution in [0.25, 0.3) is 0 Å². The van der Waals surface area contributed by atoms with Crippen LogP contribution in [0.4, 0.5) is 5.82 Å². The van der Waals surface area contributed by atoms with E-state index < -0.39 is 0 Å². The van der Waals surface area contributed by atoms with Gasteiger partial charge in [0.1, 0.15) is 30.0 Å². The van der Waals surface area contributed by atoms with Crippen LogP contribution in [0.15, 0.2) is 54.9 Å². The zero-order valence-corrected chi connectivity index (χ0v) is 14.9. The van der Waals surface area contributed by atoms with Gasteiger partial charge in [-0.15, -0.1) is 0 Å². The molecule has 3 aromatic rings. The fraction of sp³-hybridized carbons (Fsp3) is 0.190. The number of anilines is 1. The van der Waals surface area contributed by atoms with Gasteiger partial charge in [0.25, 0.3) is 0 Å². The molecule has 0 amide bonds. The summed E-state index contributed by atoms with van der Waals surface area (Å²) in [4.78, 5) is 10.8. The lowest BCUT2D eigenvalue weighted by Crippen LogP contribution is -2.17. The SMILES string of the molecule is COc1ccc(COc2ccc3c(c2)CN(c2ncccc2C#N)C3)nc1. The summed E-state index contributed by atoms with van der Waals surface area (Å²) < 4.78 is 11.0. The molecular formula is C21H18N4O2. The summed E-state index contributed by atoms with van der Waals surface area (Å²) in [5, 5.41) is 9.30. The smallest absolute Gasteiger partial charge is 0.147 e. The highest BCUT2D eigenvalue weighted by Gasteiger charge is 2.22. The van der Waals surface area contributed by atoms with E-state index in [0.29, 0.717) is 18.7 Å². The van der Waals surface area contributed by atoms with Gasteiger partial charge >= 0.3 is 0 Å². The molecular weight excluding hydrogens is 340 g/mol. The molecule has 1 aliphatic rings. The summed E-state index contributed by atoms with van der Waals surface area (Å²) in [5.41, 5.74) is 3.83. The third kappa shape index (κ3) is 3.53. The monoisotopic (exact) mass is 358 g/mol. The van der Waals surface area contributed by atoms with Crippen molar-refractivity contribution in [3.05, 3.63) is 77.2 Å². The minimum atomic E-state index is 0.394. The van der Waals surface area contributed by atoms with Crippen LogP contribution in [0.5, 0.6) is 11.5 Å². The molecule has 4 rings (SSSR count). The van der Waals surface area contributed by atoms with Gasteiger partial charge in [0.2, 0.25) is 0 Å². The summed E-state index contributed by atoms with van der Waals surface area (Å²) in [6, 6.07) is 15.6. The van der Waals surface area contributed by atoms with E-state index in [1.807, 2.05) is 24.3 Å². The number of hydrogen-bond donors (Lipinski definition) is 0. The Balaban J connectivity index is 1.45. The Morgan fingerprint density at radius 1 is 1.07 bits per heavy atom.